The first kappa shape index (κ1) is 20.8. The number of aromatic nitrogens is 1. The number of fused-ring (bicyclic) bond motifs is 1. The van der Waals surface area contributed by atoms with Crippen molar-refractivity contribution in [2.24, 2.45) is 0 Å². The average Bonchev–Trinajstić information content (AvgIpc) is 3.02. The molecule has 4 atom stereocenters. The number of hydrogen-bond acceptors (Lipinski definition) is 6. The van der Waals surface area contributed by atoms with Crippen LogP contribution in [-0.4, -0.2) is 59.8 Å². The molecule has 0 saturated carbocycles. The fourth-order valence-electron chi connectivity index (χ4n) is 2.68. The maximum atomic E-state index is 11.6. The molecule has 8 nitrogen and oxygen atoms in total. The average molecular weight is 450 g/mol. The molecule has 1 aromatic carbocycles. The number of carbonyl (C=O) groups is 2. The number of halogens is 2. The zero-order valence-corrected chi connectivity index (χ0v) is 16.0. The first-order chi connectivity index (χ1) is 12.0. The van der Waals surface area contributed by atoms with Gasteiger partial charge in [0.25, 0.3) is 0 Å². The number of H-pyrrole nitrogens is 1. The first-order valence-electron chi connectivity index (χ1n) is 7.47. The van der Waals surface area contributed by atoms with E-state index in [0.717, 1.165) is 6.92 Å². The number of hydrogen-bond donors (Lipinski definition) is 6. The van der Waals surface area contributed by atoms with E-state index in [2.05, 4.69) is 26.2 Å². The predicted octanol–water partition coefficient (Wildman–Crippen LogP) is 0.0623. The maximum absolute atomic E-state index is 11.6. The minimum atomic E-state index is -3.04. The molecule has 0 unspecified atom stereocenters. The maximum Gasteiger partial charge on any atom is 0.217 e. The number of aromatic amines is 1. The van der Waals surface area contributed by atoms with Crippen molar-refractivity contribution in [3.63, 3.8) is 0 Å². The minimum Gasteiger partial charge on any atom is -0.392 e. The van der Waals surface area contributed by atoms with Gasteiger partial charge < -0.3 is 35.5 Å². The summed E-state index contributed by atoms with van der Waals surface area (Å²) in [6.07, 6.45) is 0.167. The zero-order chi connectivity index (χ0) is 19.8. The lowest BCUT2D eigenvalue weighted by Crippen LogP contribution is -2.69. The van der Waals surface area contributed by atoms with Gasteiger partial charge in [0.05, 0.1) is 12.3 Å². The number of benzene rings is 1. The Kier molecular flexibility index (Phi) is 5.81. The molecule has 2 rings (SSSR count). The van der Waals surface area contributed by atoms with E-state index >= 15 is 0 Å². The summed E-state index contributed by atoms with van der Waals surface area (Å²) in [5, 5.41) is 41.5. The largest absolute Gasteiger partial charge is 0.392 e. The first-order valence-corrected chi connectivity index (χ1v) is 8.64. The van der Waals surface area contributed by atoms with E-state index in [0.29, 0.717) is 10.9 Å². The highest BCUT2D eigenvalue weighted by molar-refractivity contribution is 9.10. The van der Waals surface area contributed by atoms with Crippen LogP contribution in [0.15, 0.2) is 30.3 Å². The van der Waals surface area contributed by atoms with E-state index in [1.54, 1.807) is 24.3 Å². The van der Waals surface area contributed by atoms with Crippen LogP contribution in [0.4, 0.5) is 0 Å². The van der Waals surface area contributed by atoms with E-state index in [1.807, 2.05) is 0 Å². The molecule has 142 valence electrons. The third-order valence-corrected chi connectivity index (χ3v) is 5.76. The molecule has 0 aliphatic heterocycles. The Morgan fingerprint density at radius 2 is 2.00 bits per heavy atom. The molecular formula is C16H18BrClN2O6. The lowest BCUT2D eigenvalue weighted by Gasteiger charge is -2.47. The number of alkyl halides is 2. The van der Waals surface area contributed by atoms with Crippen LogP contribution in [0.3, 0.4) is 0 Å². The van der Waals surface area contributed by atoms with Crippen molar-refractivity contribution in [2.75, 3.05) is 6.61 Å². The second-order valence-electron chi connectivity index (χ2n) is 5.89. The van der Waals surface area contributed by atoms with Crippen LogP contribution in [0.2, 0.25) is 0 Å². The summed E-state index contributed by atoms with van der Waals surface area (Å²) in [6.45, 7) is -0.0109. The number of aliphatic hydroxyl groups excluding tert-OH is 1. The van der Waals surface area contributed by atoms with Gasteiger partial charge in [0.1, 0.15) is 12.3 Å². The summed E-state index contributed by atoms with van der Waals surface area (Å²) in [5.41, 5.74) is -2.36. The van der Waals surface area contributed by atoms with Gasteiger partial charge in [-0.1, -0.05) is 29.8 Å². The number of aliphatic hydroxyl groups is 4. The molecule has 0 aliphatic rings. The number of rotatable bonds is 7. The second-order valence-corrected chi connectivity index (χ2v) is 7.75. The van der Waals surface area contributed by atoms with Crippen molar-refractivity contribution in [1.82, 2.24) is 10.3 Å². The van der Waals surface area contributed by atoms with Crippen LogP contribution < -0.4 is 5.32 Å². The van der Waals surface area contributed by atoms with Gasteiger partial charge in [-0.3, -0.25) is 4.79 Å². The molecule has 1 amide bonds. The number of para-hydroxylation sites is 1. The Hall–Kier alpha value is -1.49. The van der Waals surface area contributed by atoms with E-state index in [-0.39, 0.29) is 12.0 Å². The molecule has 0 radical (unpaired) electrons. The number of aldehydes is 1. The number of amides is 1. The van der Waals surface area contributed by atoms with Crippen LogP contribution in [0, 0.1) is 0 Å². The van der Waals surface area contributed by atoms with Crippen molar-refractivity contribution in [3.05, 3.63) is 36.0 Å². The molecule has 1 aromatic heterocycles. The Labute approximate surface area is 161 Å². The van der Waals surface area contributed by atoms with E-state index in [1.165, 1.54) is 6.07 Å². The summed E-state index contributed by atoms with van der Waals surface area (Å²) in [7, 11) is 0. The van der Waals surface area contributed by atoms with Gasteiger partial charge in [0, 0.05) is 12.4 Å². The summed E-state index contributed by atoms with van der Waals surface area (Å²) in [5.74, 6) is -0.689. The fraction of sp³-hybridized carbons (Fsp3) is 0.375. The Morgan fingerprint density at radius 1 is 1.38 bits per heavy atom. The van der Waals surface area contributed by atoms with Crippen molar-refractivity contribution in [3.8, 4) is 0 Å². The Balaban J connectivity index is 2.76. The van der Waals surface area contributed by atoms with Crippen molar-refractivity contribution >= 4 is 50.6 Å². The smallest absolute Gasteiger partial charge is 0.217 e. The van der Waals surface area contributed by atoms with E-state index in [4.69, 9.17) is 11.6 Å². The molecule has 0 saturated heterocycles. The highest BCUT2D eigenvalue weighted by atomic mass is 79.9. The molecular weight excluding hydrogens is 432 g/mol. The van der Waals surface area contributed by atoms with Crippen molar-refractivity contribution in [2.45, 2.75) is 28.1 Å². The van der Waals surface area contributed by atoms with Crippen LogP contribution >= 0.6 is 27.5 Å². The standard InChI is InChI=1S/C16H18BrClN2O6/c1-9(23)19-13(7-21)15(25,16(18,26)14(17,24)8-22)12-6-10-4-2-3-5-11(10)20-12/h2-7,13,20,22,24-26H,8H2,1H3,(H,19,23)/t13-,14+,15+,16+/m0/s1. The topological polar surface area (TPSA) is 143 Å². The highest BCUT2D eigenvalue weighted by Crippen LogP contribution is 2.48. The summed E-state index contributed by atoms with van der Waals surface area (Å²) < 4.78 is -2.62. The molecule has 1 heterocycles. The molecule has 6 N–H and O–H groups in total. The number of carbonyl (C=O) groups excluding carboxylic acids is 2. The molecule has 10 heteroatoms. The summed E-state index contributed by atoms with van der Waals surface area (Å²) in [6, 6.07) is 6.46. The molecule has 2 aromatic rings. The normalized spacial score (nSPS) is 19.8. The summed E-state index contributed by atoms with van der Waals surface area (Å²) in [4.78, 5) is 25.9. The van der Waals surface area contributed by atoms with Gasteiger partial charge in [0.2, 0.25) is 11.0 Å². The monoisotopic (exact) mass is 448 g/mol. The van der Waals surface area contributed by atoms with E-state index in [9.17, 15) is 30.0 Å². The van der Waals surface area contributed by atoms with Gasteiger partial charge in [-0.15, -0.1) is 0 Å². The van der Waals surface area contributed by atoms with Crippen LogP contribution in [0.1, 0.15) is 12.6 Å². The number of nitrogens with one attached hydrogen (secondary N) is 2. The van der Waals surface area contributed by atoms with Gasteiger partial charge in [-0.05, 0) is 33.4 Å². The van der Waals surface area contributed by atoms with Gasteiger partial charge in [-0.25, -0.2) is 0 Å². The molecule has 26 heavy (non-hydrogen) atoms. The van der Waals surface area contributed by atoms with Gasteiger partial charge >= 0.3 is 0 Å². The van der Waals surface area contributed by atoms with Gasteiger partial charge in [-0.2, -0.15) is 0 Å². The SMILES string of the molecule is CC(=O)N[C@@H](C=O)[C@](O)(c1cc2ccccc2[nH]1)[C@@](O)(Cl)[C@@](O)(Br)CO. The molecule has 0 fully saturated rings. The van der Waals surface area contributed by atoms with Crippen LogP contribution in [0.5, 0.6) is 0 Å². The third-order valence-electron chi connectivity index (χ3n) is 4.11. The zero-order valence-electron chi connectivity index (χ0n) is 13.6. The lowest BCUT2D eigenvalue weighted by atomic mass is 9.82. The van der Waals surface area contributed by atoms with Crippen LogP contribution in [0.25, 0.3) is 10.9 Å². The fourth-order valence-corrected chi connectivity index (χ4v) is 3.26. The Morgan fingerprint density at radius 3 is 2.50 bits per heavy atom. The lowest BCUT2D eigenvalue weighted by molar-refractivity contribution is -0.193. The highest BCUT2D eigenvalue weighted by Gasteiger charge is 2.65. The quantitative estimate of drug-likeness (QED) is 0.261. The van der Waals surface area contributed by atoms with Crippen molar-refractivity contribution < 1.29 is 30.0 Å². The molecule has 0 spiro atoms. The Bertz CT molecular complexity index is 791. The molecule has 0 bridgehead atoms. The van der Waals surface area contributed by atoms with E-state index < -0.39 is 33.7 Å². The minimum absolute atomic E-state index is 0.159. The molecule has 0 aliphatic carbocycles. The third kappa shape index (κ3) is 3.26. The summed E-state index contributed by atoms with van der Waals surface area (Å²) >= 11 is 8.74. The predicted molar refractivity (Wildman–Crippen MR) is 97.6 cm³/mol. The van der Waals surface area contributed by atoms with Crippen molar-refractivity contribution in [1.29, 1.82) is 0 Å². The second kappa shape index (κ2) is 7.26. The van der Waals surface area contributed by atoms with Crippen LogP contribution in [-0.2, 0) is 15.2 Å². The van der Waals surface area contributed by atoms with Gasteiger partial charge in [0.15, 0.2) is 10.1 Å².